The van der Waals surface area contributed by atoms with Gasteiger partial charge in [-0.15, -0.1) is 0 Å². The Hall–Kier alpha value is -0.570. The number of hydrogen-bond donors (Lipinski definition) is 1. The summed E-state index contributed by atoms with van der Waals surface area (Å²) in [6.07, 6.45) is 1.91. The van der Waals surface area contributed by atoms with Gasteiger partial charge in [-0.3, -0.25) is 0 Å². The summed E-state index contributed by atoms with van der Waals surface area (Å²) >= 11 is 5.84. The maximum absolute atomic E-state index is 6.31. The molecule has 1 aliphatic rings. The van der Waals surface area contributed by atoms with Crippen molar-refractivity contribution in [1.29, 1.82) is 0 Å². The monoisotopic (exact) mass is 225 g/mol. The topological polar surface area (TPSA) is 35.2 Å². The molecule has 0 aliphatic carbocycles. The largest absolute Gasteiger partial charge is 0.377 e. The quantitative estimate of drug-likeness (QED) is 0.839. The summed E-state index contributed by atoms with van der Waals surface area (Å²) in [6.45, 7) is 2.81. The van der Waals surface area contributed by atoms with Crippen LogP contribution in [0.1, 0.15) is 18.9 Å². The van der Waals surface area contributed by atoms with Crippen LogP contribution in [0.4, 0.5) is 0 Å². The summed E-state index contributed by atoms with van der Waals surface area (Å²) in [5.41, 5.74) is 7.32. The van der Waals surface area contributed by atoms with Crippen molar-refractivity contribution in [2.24, 2.45) is 5.73 Å². The van der Waals surface area contributed by atoms with Crippen molar-refractivity contribution < 1.29 is 4.74 Å². The number of halogens is 1. The van der Waals surface area contributed by atoms with Crippen LogP contribution < -0.4 is 5.73 Å². The summed E-state index contributed by atoms with van der Waals surface area (Å²) in [6, 6.07) is 7.87. The molecule has 2 unspecified atom stereocenters. The number of nitrogens with two attached hydrogens (primary N) is 1. The highest BCUT2D eigenvalue weighted by molar-refractivity contribution is 6.30. The van der Waals surface area contributed by atoms with E-state index < -0.39 is 0 Å². The zero-order chi connectivity index (χ0) is 10.9. The van der Waals surface area contributed by atoms with Crippen LogP contribution in [0.5, 0.6) is 0 Å². The molecule has 1 heterocycles. The van der Waals surface area contributed by atoms with Crippen LogP contribution in [0.2, 0.25) is 5.02 Å². The van der Waals surface area contributed by atoms with Crippen LogP contribution >= 0.6 is 11.6 Å². The molecule has 2 nitrogen and oxygen atoms in total. The first-order valence-corrected chi connectivity index (χ1v) is 5.63. The highest BCUT2D eigenvalue weighted by atomic mass is 35.5. The van der Waals surface area contributed by atoms with Crippen molar-refractivity contribution in [3.8, 4) is 0 Å². The van der Waals surface area contributed by atoms with E-state index in [9.17, 15) is 0 Å². The third kappa shape index (κ3) is 2.33. The first-order valence-electron chi connectivity index (χ1n) is 5.25. The van der Waals surface area contributed by atoms with E-state index in [0.29, 0.717) is 0 Å². The first kappa shape index (κ1) is 10.9. The molecule has 0 radical (unpaired) electrons. The molecule has 0 amide bonds. The summed E-state index contributed by atoms with van der Waals surface area (Å²) in [4.78, 5) is 0. The van der Waals surface area contributed by atoms with Crippen molar-refractivity contribution in [3.63, 3.8) is 0 Å². The lowest BCUT2D eigenvalue weighted by molar-refractivity contribution is 0.0955. The van der Waals surface area contributed by atoms with Gasteiger partial charge in [-0.2, -0.15) is 0 Å². The van der Waals surface area contributed by atoms with Crippen LogP contribution in [0.3, 0.4) is 0 Å². The van der Waals surface area contributed by atoms with E-state index in [1.54, 1.807) is 0 Å². The minimum absolute atomic E-state index is 0.133. The van der Waals surface area contributed by atoms with Crippen molar-refractivity contribution in [2.45, 2.75) is 31.4 Å². The van der Waals surface area contributed by atoms with E-state index in [1.165, 1.54) is 5.56 Å². The average Bonchev–Trinajstić information content (AvgIpc) is 2.51. The van der Waals surface area contributed by atoms with Gasteiger partial charge in [0.05, 0.1) is 6.10 Å². The van der Waals surface area contributed by atoms with Gasteiger partial charge in [0.1, 0.15) is 0 Å². The fourth-order valence-electron chi connectivity index (χ4n) is 2.01. The molecule has 82 valence electrons. The molecule has 0 spiro atoms. The molecule has 1 aromatic rings. The predicted octanol–water partition coefficient (Wildman–Crippen LogP) is 2.39. The molecular formula is C12H16ClNO. The molecule has 2 N–H and O–H groups in total. The van der Waals surface area contributed by atoms with Gasteiger partial charge in [0.15, 0.2) is 0 Å². The molecule has 1 fully saturated rings. The average molecular weight is 226 g/mol. The lowest BCUT2D eigenvalue weighted by Crippen LogP contribution is -2.47. The zero-order valence-corrected chi connectivity index (χ0v) is 9.63. The summed E-state index contributed by atoms with van der Waals surface area (Å²) in [7, 11) is 0. The van der Waals surface area contributed by atoms with Crippen molar-refractivity contribution in [1.82, 2.24) is 0 Å². The normalized spacial score (nSPS) is 30.7. The summed E-state index contributed by atoms with van der Waals surface area (Å²) < 4.78 is 5.51. The number of hydrogen-bond acceptors (Lipinski definition) is 2. The zero-order valence-electron chi connectivity index (χ0n) is 8.87. The Balaban J connectivity index is 2.11. The molecular weight excluding hydrogens is 210 g/mol. The Kier molecular flexibility index (Phi) is 3.01. The molecule has 15 heavy (non-hydrogen) atoms. The fraction of sp³-hybridized carbons (Fsp3) is 0.500. The van der Waals surface area contributed by atoms with E-state index in [-0.39, 0.29) is 11.6 Å². The maximum atomic E-state index is 6.31. The van der Waals surface area contributed by atoms with Crippen molar-refractivity contribution >= 4 is 11.6 Å². The SMILES string of the molecule is CC1OCCC1(N)Cc1ccc(Cl)cc1. The summed E-state index contributed by atoms with van der Waals surface area (Å²) in [5.74, 6) is 0. The van der Waals surface area contributed by atoms with Gasteiger partial charge >= 0.3 is 0 Å². The van der Waals surface area contributed by atoms with Gasteiger partial charge in [-0.25, -0.2) is 0 Å². The second kappa shape index (κ2) is 4.12. The molecule has 1 aromatic carbocycles. The van der Waals surface area contributed by atoms with Gasteiger partial charge in [0.2, 0.25) is 0 Å². The molecule has 2 rings (SSSR count). The lowest BCUT2D eigenvalue weighted by atomic mass is 9.86. The molecule has 1 saturated heterocycles. The second-order valence-electron chi connectivity index (χ2n) is 4.30. The van der Waals surface area contributed by atoms with E-state index >= 15 is 0 Å². The smallest absolute Gasteiger partial charge is 0.0730 e. The molecule has 3 heteroatoms. The lowest BCUT2D eigenvalue weighted by Gasteiger charge is -2.27. The number of rotatable bonds is 2. The predicted molar refractivity (Wildman–Crippen MR) is 62.1 cm³/mol. The van der Waals surface area contributed by atoms with Crippen LogP contribution in [0, 0.1) is 0 Å². The van der Waals surface area contributed by atoms with Crippen LogP contribution in [-0.4, -0.2) is 18.2 Å². The van der Waals surface area contributed by atoms with Crippen LogP contribution in [-0.2, 0) is 11.2 Å². The van der Waals surface area contributed by atoms with Gasteiger partial charge in [-0.1, -0.05) is 23.7 Å². The van der Waals surface area contributed by atoms with E-state index in [1.807, 2.05) is 31.2 Å². The van der Waals surface area contributed by atoms with Gasteiger partial charge < -0.3 is 10.5 Å². The minimum Gasteiger partial charge on any atom is -0.377 e. The Morgan fingerprint density at radius 1 is 1.47 bits per heavy atom. The van der Waals surface area contributed by atoms with Crippen molar-refractivity contribution in [2.75, 3.05) is 6.61 Å². The third-order valence-corrected chi connectivity index (χ3v) is 3.44. The maximum Gasteiger partial charge on any atom is 0.0730 e. The van der Waals surface area contributed by atoms with Crippen LogP contribution in [0.15, 0.2) is 24.3 Å². The Morgan fingerprint density at radius 3 is 2.67 bits per heavy atom. The van der Waals surface area contributed by atoms with E-state index in [0.717, 1.165) is 24.5 Å². The van der Waals surface area contributed by atoms with Gasteiger partial charge in [-0.05, 0) is 37.5 Å². The Morgan fingerprint density at radius 2 is 2.13 bits per heavy atom. The van der Waals surface area contributed by atoms with Crippen molar-refractivity contribution in [3.05, 3.63) is 34.9 Å². The third-order valence-electron chi connectivity index (χ3n) is 3.19. The van der Waals surface area contributed by atoms with Gasteiger partial charge in [0, 0.05) is 17.2 Å². The molecule has 2 atom stereocenters. The fourth-order valence-corrected chi connectivity index (χ4v) is 2.14. The van der Waals surface area contributed by atoms with Crippen LogP contribution in [0.25, 0.3) is 0 Å². The number of ether oxygens (including phenoxy) is 1. The highest BCUT2D eigenvalue weighted by Gasteiger charge is 2.37. The molecule has 1 aliphatic heterocycles. The number of benzene rings is 1. The van der Waals surface area contributed by atoms with E-state index in [2.05, 4.69) is 0 Å². The Labute approximate surface area is 95.4 Å². The highest BCUT2D eigenvalue weighted by Crippen LogP contribution is 2.27. The molecule has 0 bridgehead atoms. The second-order valence-corrected chi connectivity index (χ2v) is 4.74. The van der Waals surface area contributed by atoms with Gasteiger partial charge in [0.25, 0.3) is 0 Å². The molecule has 0 aromatic heterocycles. The van der Waals surface area contributed by atoms with E-state index in [4.69, 9.17) is 22.1 Å². The molecule has 0 saturated carbocycles. The first-order chi connectivity index (χ1) is 7.10. The minimum atomic E-state index is -0.214. The summed E-state index contributed by atoms with van der Waals surface area (Å²) in [5, 5.41) is 0.764. The standard InChI is InChI=1S/C12H16ClNO/c1-9-12(14,6-7-15-9)8-10-2-4-11(13)5-3-10/h2-5,9H,6-8,14H2,1H3. The Bertz CT molecular complexity index is 338.